The standard InChI is InChI=1S/C8H11NO5S2/c10-3-1-7(8(11)12)9-16(13,14)6-2-4-15-5-6/h2,4-5,7,9-10H,1,3H2,(H,11,12)/t7-/m0/s1. The quantitative estimate of drug-likeness (QED) is 0.664. The Bertz CT molecular complexity index is 439. The van der Waals surface area contributed by atoms with Gasteiger partial charge in [0.2, 0.25) is 10.0 Å². The molecule has 16 heavy (non-hydrogen) atoms. The van der Waals surface area contributed by atoms with Crippen LogP contribution in [0.5, 0.6) is 0 Å². The van der Waals surface area contributed by atoms with E-state index in [1.165, 1.54) is 22.8 Å². The molecule has 0 bridgehead atoms. The monoisotopic (exact) mass is 265 g/mol. The highest BCUT2D eigenvalue weighted by atomic mass is 32.2. The van der Waals surface area contributed by atoms with Crippen molar-refractivity contribution in [3.05, 3.63) is 16.8 Å². The zero-order chi connectivity index (χ0) is 12.2. The number of hydrogen-bond acceptors (Lipinski definition) is 5. The first-order valence-electron chi connectivity index (χ1n) is 4.35. The second-order valence-electron chi connectivity index (χ2n) is 2.98. The van der Waals surface area contributed by atoms with Crippen LogP contribution >= 0.6 is 11.3 Å². The number of aliphatic hydroxyl groups is 1. The van der Waals surface area contributed by atoms with Crippen molar-refractivity contribution in [2.45, 2.75) is 17.4 Å². The van der Waals surface area contributed by atoms with Crippen LogP contribution in [0.15, 0.2) is 21.7 Å². The van der Waals surface area contributed by atoms with Crippen LogP contribution in [0.2, 0.25) is 0 Å². The summed E-state index contributed by atoms with van der Waals surface area (Å²) >= 11 is 1.20. The van der Waals surface area contributed by atoms with Crippen molar-refractivity contribution in [1.82, 2.24) is 4.72 Å². The van der Waals surface area contributed by atoms with E-state index < -0.39 is 28.6 Å². The molecule has 1 atom stereocenters. The highest BCUT2D eigenvalue weighted by Gasteiger charge is 2.24. The Morgan fingerprint density at radius 2 is 2.25 bits per heavy atom. The molecule has 0 saturated heterocycles. The maximum atomic E-state index is 11.6. The molecule has 3 N–H and O–H groups in total. The SMILES string of the molecule is O=C(O)[C@H](CCO)NS(=O)(=O)c1ccsc1. The lowest BCUT2D eigenvalue weighted by molar-refractivity contribution is -0.139. The summed E-state index contributed by atoms with van der Waals surface area (Å²) in [5, 5.41) is 20.3. The number of aliphatic hydroxyl groups excluding tert-OH is 1. The topological polar surface area (TPSA) is 104 Å². The summed E-state index contributed by atoms with van der Waals surface area (Å²) in [4.78, 5) is 10.7. The van der Waals surface area contributed by atoms with Gasteiger partial charge < -0.3 is 10.2 Å². The molecule has 1 heterocycles. The second kappa shape index (κ2) is 5.39. The largest absolute Gasteiger partial charge is 0.480 e. The first-order chi connectivity index (χ1) is 7.47. The third-order valence-corrected chi connectivity index (χ3v) is 4.12. The van der Waals surface area contributed by atoms with E-state index in [1.807, 2.05) is 4.72 Å². The van der Waals surface area contributed by atoms with Crippen LogP contribution in [0, 0.1) is 0 Å². The Balaban J connectivity index is 2.82. The summed E-state index contributed by atoms with van der Waals surface area (Å²) in [6.45, 7) is -0.400. The number of hydrogen-bond donors (Lipinski definition) is 3. The lowest BCUT2D eigenvalue weighted by Crippen LogP contribution is -2.41. The third-order valence-electron chi connectivity index (χ3n) is 1.82. The lowest BCUT2D eigenvalue weighted by atomic mass is 10.2. The summed E-state index contributed by atoms with van der Waals surface area (Å²) in [6.07, 6.45) is -0.168. The molecule has 1 rings (SSSR count). The Morgan fingerprint density at radius 3 is 2.69 bits per heavy atom. The molecule has 0 fully saturated rings. The van der Waals surface area contributed by atoms with Crippen molar-refractivity contribution in [3.8, 4) is 0 Å². The summed E-state index contributed by atoms with van der Waals surface area (Å²) in [5.41, 5.74) is 0. The molecule has 8 heteroatoms. The number of thiophene rings is 1. The normalized spacial score (nSPS) is 13.6. The van der Waals surface area contributed by atoms with Crippen LogP contribution < -0.4 is 4.72 Å². The van der Waals surface area contributed by atoms with Crippen molar-refractivity contribution in [2.24, 2.45) is 0 Å². The molecular weight excluding hydrogens is 254 g/mol. The molecule has 0 aliphatic heterocycles. The molecule has 90 valence electrons. The Labute approximate surface area is 96.6 Å². The highest BCUT2D eigenvalue weighted by molar-refractivity contribution is 7.89. The molecule has 0 saturated carbocycles. The fourth-order valence-corrected chi connectivity index (χ4v) is 3.27. The van der Waals surface area contributed by atoms with Gasteiger partial charge in [0.05, 0.1) is 4.90 Å². The number of aliphatic carboxylic acids is 1. The van der Waals surface area contributed by atoms with Gasteiger partial charge in [-0.15, -0.1) is 0 Å². The zero-order valence-electron chi connectivity index (χ0n) is 8.16. The number of carbonyl (C=O) groups is 1. The van der Waals surface area contributed by atoms with Crippen molar-refractivity contribution in [3.63, 3.8) is 0 Å². The van der Waals surface area contributed by atoms with Gasteiger partial charge in [-0.1, -0.05) is 0 Å². The molecule has 0 unspecified atom stereocenters. The van der Waals surface area contributed by atoms with Crippen LogP contribution in [-0.2, 0) is 14.8 Å². The molecule has 0 spiro atoms. The molecular formula is C8H11NO5S2. The molecule has 6 nitrogen and oxygen atoms in total. The average Bonchev–Trinajstić information content (AvgIpc) is 2.69. The van der Waals surface area contributed by atoms with Gasteiger partial charge in [-0.25, -0.2) is 8.42 Å². The molecule has 0 aromatic carbocycles. The predicted octanol–water partition coefficient (Wildman–Crippen LogP) is -0.138. The summed E-state index contributed by atoms with van der Waals surface area (Å²) in [5.74, 6) is -1.31. The number of carboxylic acid groups (broad SMARTS) is 1. The van der Waals surface area contributed by atoms with E-state index in [4.69, 9.17) is 10.2 Å². The van der Waals surface area contributed by atoms with Crippen LogP contribution in [-0.4, -0.2) is 37.2 Å². The maximum Gasteiger partial charge on any atom is 0.321 e. The Hall–Kier alpha value is -0.960. The van der Waals surface area contributed by atoms with Gasteiger partial charge in [-0.2, -0.15) is 16.1 Å². The highest BCUT2D eigenvalue weighted by Crippen LogP contribution is 2.13. The molecule has 0 aliphatic rings. The van der Waals surface area contributed by atoms with Crippen LogP contribution in [0.4, 0.5) is 0 Å². The molecule has 0 amide bonds. The van der Waals surface area contributed by atoms with Crippen LogP contribution in [0.1, 0.15) is 6.42 Å². The smallest absolute Gasteiger partial charge is 0.321 e. The van der Waals surface area contributed by atoms with Gasteiger partial charge >= 0.3 is 5.97 Å². The van der Waals surface area contributed by atoms with Gasteiger partial charge in [0, 0.05) is 12.0 Å². The van der Waals surface area contributed by atoms with Gasteiger partial charge in [0.15, 0.2) is 0 Å². The first kappa shape index (κ1) is 13.1. The number of rotatable bonds is 6. The van der Waals surface area contributed by atoms with E-state index in [0.717, 1.165) is 0 Å². The van der Waals surface area contributed by atoms with E-state index in [-0.39, 0.29) is 11.3 Å². The van der Waals surface area contributed by atoms with Gasteiger partial charge in [-0.3, -0.25) is 4.79 Å². The van der Waals surface area contributed by atoms with Gasteiger partial charge in [0.25, 0.3) is 0 Å². The van der Waals surface area contributed by atoms with Crippen LogP contribution in [0.25, 0.3) is 0 Å². The van der Waals surface area contributed by atoms with Gasteiger partial charge in [0.1, 0.15) is 6.04 Å². The predicted molar refractivity (Wildman–Crippen MR) is 57.8 cm³/mol. The number of sulfonamides is 1. The molecule has 1 aromatic rings. The minimum absolute atomic E-state index is 0.0293. The van der Waals surface area contributed by atoms with E-state index in [0.29, 0.717) is 0 Å². The van der Waals surface area contributed by atoms with Crippen LogP contribution in [0.3, 0.4) is 0 Å². The fraction of sp³-hybridized carbons (Fsp3) is 0.375. The Morgan fingerprint density at radius 1 is 1.56 bits per heavy atom. The number of carboxylic acids is 1. The second-order valence-corrected chi connectivity index (χ2v) is 5.48. The lowest BCUT2D eigenvalue weighted by Gasteiger charge is -2.12. The summed E-state index contributed by atoms with van der Waals surface area (Å²) < 4.78 is 25.3. The van der Waals surface area contributed by atoms with Crippen molar-refractivity contribution < 1.29 is 23.4 Å². The maximum absolute atomic E-state index is 11.6. The minimum Gasteiger partial charge on any atom is -0.480 e. The minimum atomic E-state index is -3.81. The molecule has 0 radical (unpaired) electrons. The van der Waals surface area contributed by atoms with Crippen molar-refractivity contribution in [2.75, 3.05) is 6.61 Å². The van der Waals surface area contributed by atoms with Crippen molar-refractivity contribution in [1.29, 1.82) is 0 Å². The van der Waals surface area contributed by atoms with E-state index in [2.05, 4.69) is 0 Å². The average molecular weight is 265 g/mol. The molecule has 0 aliphatic carbocycles. The summed E-state index contributed by atoms with van der Waals surface area (Å²) in [7, 11) is -3.81. The van der Waals surface area contributed by atoms with E-state index in [9.17, 15) is 13.2 Å². The van der Waals surface area contributed by atoms with Gasteiger partial charge in [-0.05, 0) is 17.9 Å². The summed E-state index contributed by atoms with van der Waals surface area (Å²) in [6, 6.07) is 0.0695. The zero-order valence-corrected chi connectivity index (χ0v) is 9.79. The van der Waals surface area contributed by atoms with E-state index >= 15 is 0 Å². The first-order valence-corrected chi connectivity index (χ1v) is 6.78. The fourth-order valence-electron chi connectivity index (χ4n) is 1.02. The molecule has 1 aromatic heterocycles. The number of nitrogens with one attached hydrogen (secondary N) is 1. The van der Waals surface area contributed by atoms with E-state index in [1.54, 1.807) is 5.38 Å². The third kappa shape index (κ3) is 3.27. The van der Waals surface area contributed by atoms with Crippen molar-refractivity contribution >= 4 is 27.3 Å². The Kier molecular flexibility index (Phi) is 4.42.